The smallest absolute Gasteiger partial charge is 0.407 e. The van der Waals surface area contributed by atoms with E-state index in [-0.39, 0.29) is 0 Å². The molecule has 0 radical (unpaired) electrons. The normalized spacial score (nSPS) is 14.8. The maximum atomic E-state index is 11.5. The molecule has 1 aliphatic rings. The van der Waals surface area contributed by atoms with Crippen LogP contribution in [0.4, 0.5) is 10.7 Å². The third-order valence-electron chi connectivity index (χ3n) is 2.37. The highest BCUT2D eigenvalue weighted by molar-refractivity contribution is 8.01. The molecule has 2 N–H and O–H groups in total. The number of hydrogen-bond acceptors (Lipinski definition) is 6. The van der Waals surface area contributed by atoms with Gasteiger partial charge in [-0.25, -0.2) is 14.8 Å². The minimum atomic E-state index is -0.497. The minimum absolute atomic E-state index is 0.320. The van der Waals surface area contributed by atoms with Crippen molar-refractivity contribution in [2.75, 3.05) is 4.72 Å². The van der Waals surface area contributed by atoms with Crippen LogP contribution < -0.4 is 10.0 Å². The Balaban J connectivity index is 1.79. The quantitative estimate of drug-likeness (QED) is 0.814. The number of carbonyl (C=O) groups is 1. The van der Waals surface area contributed by atoms with Gasteiger partial charge in [-0.05, 0) is 51.6 Å². The fourth-order valence-electron chi connectivity index (χ4n) is 1.34. The van der Waals surface area contributed by atoms with Gasteiger partial charge < -0.3 is 10.1 Å². The molecule has 0 bridgehead atoms. The largest absolute Gasteiger partial charge is 0.444 e. The highest BCUT2D eigenvalue weighted by Gasteiger charge is 2.22. The Hall–Kier alpha value is -1.50. The zero-order chi connectivity index (χ0) is 14.6. The lowest BCUT2D eigenvalue weighted by atomic mass is 10.2. The Bertz CT molecular complexity index is 472. The summed E-state index contributed by atoms with van der Waals surface area (Å²) in [5.41, 5.74) is 0.244. The monoisotopic (exact) mass is 296 g/mol. The second kappa shape index (κ2) is 6.30. The van der Waals surface area contributed by atoms with Crippen LogP contribution in [-0.2, 0) is 11.3 Å². The van der Waals surface area contributed by atoms with Gasteiger partial charge in [0.25, 0.3) is 0 Å². The maximum Gasteiger partial charge on any atom is 0.407 e. The predicted molar refractivity (Wildman–Crippen MR) is 79.3 cm³/mol. The van der Waals surface area contributed by atoms with E-state index in [9.17, 15) is 4.79 Å². The number of alkyl carbamates (subject to hydrolysis) is 1. The summed E-state index contributed by atoms with van der Waals surface area (Å²) in [5, 5.41) is 3.36. The first-order valence-corrected chi connectivity index (χ1v) is 7.51. The fraction of sp³-hybridized carbons (Fsp3) is 0.615. The number of carbonyl (C=O) groups excluding carboxylic acids is 1. The SMILES string of the molecule is CC(C)(C)OC(=O)NCc1ccnc(NSC2CC2)n1. The van der Waals surface area contributed by atoms with Crippen molar-refractivity contribution in [2.24, 2.45) is 0 Å². The number of aromatic nitrogens is 2. The van der Waals surface area contributed by atoms with Gasteiger partial charge in [-0.3, -0.25) is 4.72 Å². The first kappa shape index (κ1) is 14.9. The molecule has 1 saturated carbocycles. The zero-order valence-corrected chi connectivity index (χ0v) is 12.8. The molecule has 1 amide bonds. The Labute approximate surface area is 123 Å². The van der Waals surface area contributed by atoms with Gasteiger partial charge in [-0.2, -0.15) is 0 Å². The lowest BCUT2D eigenvalue weighted by molar-refractivity contribution is 0.0523. The van der Waals surface area contributed by atoms with E-state index in [4.69, 9.17) is 4.74 Å². The van der Waals surface area contributed by atoms with Gasteiger partial charge in [0.1, 0.15) is 5.60 Å². The van der Waals surface area contributed by atoms with Gasteiger partial charge in [-0.15, -0.1) is 0 Å². The number of anilines is 1. The summed E-state index contributed by atoms with van der Waals surface area (Å²) in [4.78, 5) is 20.0. The molecule has 1 fully saturated rings. The Morgan fingerprint density at radius 1 is 1.50 bits per heavy atom. The summed E-state index contributed by atoms with van der Waals surface area (Å²) in [6.45, 7) is 5.80. The van der Waals surface area contributed by atoms with E-state index in [1.165, 1.54) is 12.8 Å². The topological polar surface area (TPSA) is 76.1 Å². The van der Waals surface area contributed by atoms with E-state index >= 15 is 0 Å². The summed E-state index contributed by atoms with van der Waals surface area (Å²) in [7, 11) is 0. The van der Waals surface area contributed by atoms with Crippen LogP contribution in [0.5, 0.6) is 0 Å². The molecule has 1 aliphatic carbocycles. The maximum absolute atomic E-state index is 11.5. The molecule has 110 valence electrons. The number of ether oxygens (including phenoxy) is 1. The predicted octanol–water partition coefficient (Wildman–Crippen LogP) is 2.72. The highest BCUT2D eigenvalue weighted by Crippen LogP contribution is 2.33. The molecular formula is C13H20N4O2S. The van der Waals surface area contributed by atoms with Crippen molar-refractivity contribution >= 4 is 24.0 Å². The Kier molecular flexibility index (Phi) is 4.69. The third kappa shape index (κ3) is 5.64. The van der Waals surface area contributed by atoms with Crippen LogP contribution >= 0.6 is 11.9 Å². The van der Waals surface area contributed by atoms with Crippen LogP contribution in [0.25, 0.3) is 0 Å². The van der Waals surface area contributed by atoms with E-state index in [1.807, 2.05) is 20.8 Å². The van der Waals surface area contributed by atoms with Crippen molar-refractivity contribution in [3.63, 3.8) is 0 Å². The molecule has 0 aromatic carbocycles. The second-order valence-corrected chi connectivity index (χ2v) is 6.75. The summed E-state index contributed by atoms with van der Waals surface area (Å²) in [5.74, 6) is 0.574. The van der Waals surface area contributed by atoms with Crippen molar-refractivity contribution in [3.05, 3.63) is 18.0 Å². The molecule has 7 heteroatoms. The number of hydrogen-bond donors (Lipinski definition) is 2. The number of amides is 1. The molecule has 1 aromatic rings. The minimum Gasteiger partial charge on any atom is -0.444 e. The summed E-state index contributed by atoms with van der Waals surface area (Å²) < 4.78 is 8.29. The molecule has 0 spiro atoms. The van der Waals surface area contributed by atoms with Crippen LogP contribution in [0.2, 0.25) is 0 Å². The van der Waals surface area contributed by atoms with E-state index < -0.39 is 11.7 Å². The molecular weight excluding hydrogens is 276 g/mol. The van der Waals surface area contributed by atoms with Gasteiger partial charge in [-0.1, -0.05) is 0 Å². The highest BCUT2D eigenvalue weighted by atomic mass is 32.2. The molecule has 2 rings (SSSR count). The molecule has 0 saturated heterocycles. The van der Waals surface area contributed by atoms with Crippen LogP contribution in [0.1, 0.15) is 39.3 Å². The van der Waals surface area contributed by atoms with Gasteiger partial charge in [0.15, 0.2) is 0 Å². The van der Waals surface area contributed by atoms with Crippen molar-refractivity contribution in [2.45, 2.75) is 51.0 Å². The summed E-state index contributed by atoms with van der Waals surface area (Å²) in [6, 6.07) is 1.77. The first-order valence-electron chi connectivity index (χ1n) is 6.63. The lowest BCUT2D eigenvalue weighted by Crippen LogP contribution is -2.32. The molecule has 0 unspecified atom stereocenters. The van der Waals surface area contributed by atoms with Crippen LogP contribution in [0.15, 0.2) is 12.3 Å². The van der Waals surface area contributed by atoms with E-state index in [1.54, 1.807) is 24.2 Å². The summed E-state index contributed by atoms with van der Waals surface area (Å²) >= 11 is 1.65. The molecule has 0 atom stereocenters. The zero-order valence-electron chi connectivity index (χ0n) is 12.0. The van der Waals surface area contributed by atoms with Crippen molar-refractivity contribution < 1.29 is 9.53 Å². The molecule has 1 heterocycles. The average Bonchev–Trinajstić information content (AvgIpc) is 3.16. The molecule has 1 aromatic heterocycles. The number of rotatable bonds is 5. The second-order valence-electron chi connectivity index (χ2n) is 5.65. The average molecular weight is 296 g/mol. The van der Waals surface area contributed by atoms with E-state index in [0.29, 0.717) is 17.7 Å². The number of nitrogens with one attached hydrogen (secondary N) is 2. The lowest BCUT2D eigenvalue weighted by Gasteiger charge is -2.19. The molecule has 20 heavy (non-hydrogen) atoms. The number of nitrogens with zero attached hydrogens (tertiary/aromatic N) is 2. The Morgan fingerprint density at radius 3 is 2.90 bits per heavy atom. The van der Waals surface area contributed by atoms with Crippen molar-refractivity contribution in [3.8, 4) is 0 Å². The van der Waals surface area contributed by atoms with Crippen LogP contribution in [0, 0.1) is 0 Å². The Morgan fingerprint density at radius 2 is 2.25 bits per heavy atom. The van der Waals surface area contributed by atoms with Gasteiger partial charge in [0, 0.05) is 11.4 Å². The van der Waals surface area contributed by atoms with Gasteiger partial charge in [0.2, 0.25) is 5.95 Å². The van der Waals surface area contributed by atoms with Gasteiger partial charge >= 0.3 is 6.09 Å². The standard InChI is InChI=1S/C13H20N4O2S/c1-13(2,3)19-12(18)15-8-9-6-7-14-11(16-9)17-20-10-4-5-10/h6-7,10H,4-5,8H2,1-3H3,(H,15,18)(H,14,16,17). The van der Waals surface area contributed by atoms with Crippen LogP contribution in [-0.4, -0.2) is 26.9 Å². The van der Waals surface area contributed by atoms with Gasteiger partial charge in [0.05, 0.1) is 12.2 Å². The fourth-order valence-corrected chi connectivity index (χ4v) is 2.08. The first-order chi connectivity index (χ1) is 9.42. The van der Waals surface area contributed by atoms with E-state index in [2.05, 4.69) is 20.0 Å². The van der Waals surface area contributed by atoms with E-state index in [0.717, 1.165) is 5.69 Å². The molecule has 0 aliphatic heterocycles. The third-order valence-corrected chi connectivity index (χ3v) is 3.47. The van der Waals surface area contributed by atoms with Crippen molar-refractivity contribution in [1.29, 1.82) is 0 Å². The van der Waals surface area contributed by atoms with Crippen molar-refractivity contribution in [1.82, 2.24) is 15.3 Å². The molecule has 6 nitrogen and oxygen atoms in total. The summed E-state index contributed by atoms with van der Waals surface area (Å²) in [6.07, 6.45) is 3.72. The van der Waals surface area contributed by atoms with Crippen LogP contribution in [0.3, 0.4) is 0 Å².